The smallest absolute Gasteiger partial charge is 0.164 e. The lowest BCUT2D eigenvalue weighted by atomic mass is 10.1. The van der Waals surface area contributed by atoms with Crippen LogP contribution in [-0.4, -0.2) is 26.4 Å². The van der Waals surface area contributed by atoms with Crippen molar-refractivity contribution in [3.05, 3.63) is 23.8 Å². The second kappa shape index (κ2) is 4.53. The van der Waals surface area contributed by atoms with E-state index in [2.05, 4.69) is 6.07 Å². The lowest BCUT2D eigenvalue weighted by Gasteiger charge is -2.12. The van der Waals surface area contributed by atoms with Crippen LogP contribution >= 0.6 is 0 Å². The molecule has 0 aromatic heterocycles. The fraction of sp³-hybridized carbons (Fsp3) is 0.500. The molecule has 1 aliphatic rings. The van der Waals surface area contributed by atoms with Gasteiger partial charge in [0.05, 0.1) is 26.4 Å². The summed E-state index contributed by atoms with van der Waals surface area (Å²) in [6.07, 6.45) is 1.28. The molecule has 0 N–H and O–H groups in total. The summed E-state index contributed by atoms with van der Waals surface area (Å²) in [6.45, 7) is 3.48. The van der Waals surface area contributed by atoms with Gasteiger partial charge in [0.2, 0.25) is 0 Å². The predicted octanol–water partition coefficient (Wildman–Crippen LogP) is 2.04. The van der Waals surface area contributed by atoms with Gasteiger partial charge in [-0.15, -0.1) is 0 Å². The molecule has 1 saturated heterocycles. The lowest BCUT2D eigenvalue weighted by Crippen LogP contribution is -2.01. The number of rotatable bonds is 5. The molecule has 1 aromatic carbocycles. The van der Waals surface area contributed by atoms with Gasteiger partial charge in [0.1, 0.15) is 0 Å². The van der Waals surface area contributed by atoms with Crippen LogP contribution in [0.3, 0.4) is 0 Å². The Kier molecular flexibility index (Phi) is 3.11. The van der Waals surface area contributed by atoms with E-state index in [1.54, 1.807) is 7.11 Å². The zero-order valence-corrected chi connectivity index (χ0v) is 9.16. The van der Waals surface area contributed by atoms with Gasteiger partial charge in [-0.05, 0) is 13.0 Å². The normalized spacial score (nSPS) is 18.7. The van der Waals surface area contributed by atoms with Gasteiger partial charge in [-0.25, -0.2) is 0 Å². The van der Waals surface area contributed by atoms with Crippen molar-refractivity contribution in [2.24, 2.45) is 0 Å². The molecule has 2 rings (SSSR count). The van der Waals surface area contributed by atoms with E-state index in [1.807, 2.05) is 19.1 Å². The first kappa shape index (κ1) is 10.3. The molecule has 3 nitrogen and oxygen atoms in total. The Morgan fingerprint density at radius 3 is 2.87 bits per heavy atom. The lowest BCUT2D eigenvalue weighted by molar-refractivity contribution is 0.308. The molecule has 15 heavy (non-hydrogen) atoms. The topological polar surface area (TPSA) is 31.0 Å². The number of ether oxygens (including phenoxy) is 3. The van der Waals surface area contributed by atoms with Gasteiger partial charge < -0.3 is 14.2 Å². The van der Waals surface area contributed by atoms with E-state index in [4.69, 9.17) is 14.2 Å². The molecular formula is C12H16O3. The molecule has 82 valence electrons. The van der Waals surface area contributed by atoms with Gasteiger partial charge in [-0.2, -0.15) is 0 Å². The first-order chi connectivity index (χ1) is 7.35. The zero-order valence-electron chi connectivity index (χ0n) is 9.16. The molecule has 1 fully saturated rings. The van der Waals surface area contributed by atoms with Gasteiger partial charge in [0, 0.05) is 12.0 Å². The summed E-state index contributed by atoms with van der Waals surface area (Å²) >= 11 is 0. The molecule has 0 spiro atoms. The number of hydrogen-bond acceptors (Lipinski definition) is 3. The van der Waals surface area contributed by atoms with Crippen LogP contribution in [0.2, 0.25) is 0 Å². The summed E-state index contributed by atoms with van der Waals surface area (Å²) in [6, 6.07) is 5.98. The van der Waals surface area contributed by atoms with Crippen LogP contribution in [0.25, 0.3) is 0 Å². The van der Waals surface area contributed by atoms with Crippen molar-refractivity contribution in [1.82, 2.24) is 0 Å². The van der Waals surface area contributed by atoms with E-state index in [-0.39, 0.29) is 0 Å². The minimum Gasteiger partial charge on any atom is -0.493 e. The summed E-state index contributed by atoms with van der Waals surface area (Å²) in [7, 11) is 1.68. The highest BCUT2D eigenvalue weighted by molar-refractivity contribution is 5.47. The summed E-state index contributed by atoms with van der Waals surface area (Å²) in [5.74, 6) is 1.66. The largest absolute Gasteiger partial charge is 0.493 e. The molecule has 1 heterocycles. The van der Waals surface area contributed by atoms with E-state index < -0.39 is 0 Å². The van der Waals surface area contributed by atoms with E-state index in [1.165, 1.54) is 0 Å². The Hall–Kier alpha value is -1.22. The summed E-state index contributed by atoms with van der Waals surface area (Å²) in [4.78, 5) is 0. The molecule has 0 bridgehead atoms. The average Bonchev–Trinajstić information content (AvgIpc) is 3.03. The van der Waals surface area contributed by atoms with Crippen LogP contribution in [0, 0.1) is 0 Å². The third-order valence-electron chi connectivity index (χ3n) is 2.41. The van der Waals surface area contributed by atoms with Crippen molar-refractivity contribution in [1.29, 1.82) is 0 Å². The molecule has 1 atom stereocenters. The third-order valence-corrected chi connectivity index (χ3v) is 2.41. The maximum atomic E-state index is 5.50. The minimum atomic E-state index is 0.371. The monoisotopic (exact) mass is 208 g/mol. The second-order valence-electron chi connectivity index (χ2n) is 3.54. The Bertz CT molecular complexity index is 332. The van der Waals surface area contributed by atoms with Crippen LogP contribution < -0.4 is 9.47 Å². The highest BCUT2D eigenvalue weighted by Crippen LogP contribution is 2.33. The van der Waals surface area contributed by atoms with E-state index in [0.29, 0.717) is 12.7 Å². The van der Waals surface area contributed by atoms with E-state index in [9.17, 15) is 0 Å². The molecule has 1 aromatic rings. The highest BCUT2D eigenvalue weighted by Gasteiger charge is 2.25. The van der Waals surface area contributed by atoms with Gasteiger partial charge in [0.25, 0.3) is 0 Å². The Morgan fingerprint density at radius 2 is 2.27 bits per heavy atom. The molecule has 0 radical (unpaired) electrons. The first-order valence-electron chi connectivity index (χ1n) is 5.25. The number of epoxide rings is 1. The Morgan fingerprint density at radius 1 is 1.47 bits per heavy atom. The van der Waals surface area contributed by atoms with Gasteiger partial charge >= 0.3 is 0 Å². The van der Waals surface area contributed by atoms with Crippen LogP contribution in [0.5, 0.6) is 11.5 Å². The quantitative estimate of drug-likeness (QED) is 0.694. The van der Waals surface area contributed by atoms with Crippen molar-refractivity contribution in [3.63, 3.8) is 0 Å². The summed E-state index contributed by atoms with van der Waals surface area (Å²) in [5, 5.41) is 0. The van der Waals surface area contributed by atoms with Crippen molar-refractivity contribution in [2.75, 3.05) is 20.3 Å². The standard InChI is InChI=1S/C12H16O3/c1-3-14-11-6-4-5-9(12(11)13-2)7-10-8-15-10/h4-6,10H,3,7-8H2,1-2H3. The van der Waals surface area contributed by atoms with E-state index in [0.717, 1.165) is 30.1 Å². The van der Waals surface area contributed by atoms with Crippen LogP contribution in [-0.2, 0) is 11.2 Å². The van der Waals surface area contributed by atoms with Crippen LogP contribution in [0.4, 0.5) is 0 Å². The van der Waals surface area contributed by atoms with Crippen molar-refractivity contribution >= 4 is 0 Å². The second-order valence-corrected chi connectivity index (χ2v) is 3.54. The highest BCUT2D eigenvalue weighted by atomic mass is 16.6. The molecular weight excluding hydrogens is 192 g/mol. The van der Waals surface area contributed by atoms with Gasteiger partial charge in [-0.1, -0.05) is 12.1 Å². The number of para-hydroxylation sites is 1. The number of benzene rings is 1. The van der Waals surface area contributed by atoms with Crippen molar-refractivity contribution in [3.8, 4) is 11.5 Å². The minimum absolute atomic E-state index is 0.371. The molecule has 3 heteroatoms. The molecule has 1 aliphatic heterocycles. The Labute approximate surface area is 90.0 Å². The predicted molar refractivity (Wildman–Crippen MR) is 57.6 cm³/mol. The zero-order chi connectivity index (χ0) is 10.7. The fourth-order valence-electron chi connectivity index (χ4n) is 1.65. The maximum Gasteiger partial charge on any atom is 0.164 e. The summed E-state index contributed by atoms with van der Waals surface area (Å²) in [5.41, 5.74) is 1.16. The van der Waals surface area contributed by atoms with E-state index >= 15 is 0 Å². The fourth-order valence-corrected chi connectivity index (χ4v) is 1.65. The molecule has 1 unspecified atom stereocenters. The maximum absolute atomic E-state index is 5.50. The number of methoxy groups -OCH3 is 1. The van der Waals surface area contributed by atoms with Crippen molar-refractivity contribution < 1.29 is 14.2 Å². The number of hydrogen-bond donors (Lipinski definition) is 0. The molecule has 0 aliphatic carbocycles. The Balaban J connectivity index is 2.22. The van der Waals surface area contributed by atoms with Crippen LogP contribution in [0.15, 0.2) is 18.2 Å². The van der Waals surface area contributed by atoms with Gasteiger partial charge in [-0.3, -0.25) is 0 Å². The van der Waals surface area contributed by atoms with Gasteiger partial charge in [0.15, 0.2) is 11.5 Å². The molecule has 0 amide bonds. The molecule has 0 saturated carbocycles. The third kappa shape index (κ3) is 2.42. The van der Waals surface area contributed by atoms with Crippen molar-refractivity contribution in [2.45, 2.75) is 19.4 Å². The summed E-state index contributed by atoms with van der Waals surface area (Å²) < 4.78 is 16.1. The van der Waals surface area contributed by atoms with Crippen LogP contribution in [0.1, 0.15) is 12.5 Å². The average molecular weight is 208 g/mol. The first-order valence-corrected chi connectivity index (χ1v) is 5.25. The SMILES string of the molecule is CCOc1cccc(CC2CO2)c1OC.